The Morgan fingerprint density at radius 2 is 2.25 bits per heavy atom. The second-order valence-electron chi connectivity index (χ2n) is 5.22. The zero-order valence-electron chi connectivity index (χ0n) is 11.1. The number of benzene rings is 1. The van der Waals surface area contributed by atoms with Gasteiger partial charge in [0.2, 0.25) is 5.88 Å². The van der Waals surface area contributed by atoms with Gasteiger partial charge in [0, 0.05) is 10.0 Å². The molecule has 1 aromatic heterocycles. The predicted molar refractivity (Wildman–Crippen MR) is 79.8 cm³/mol. The third-order valence-electron chi connectivity index (χ3n) is 3.64. The molecule has 0 unspecified atom stereocenters. The van der Waals surface area contributed by atoms with Crippen LogP contribution in [0.1, 0.15) is 35.0 Å². The van der Waals surface area contributed by atoms with Crippen LogP contribution in [0, 0.1) is 5.92 Å². The van der Waals surface area contributed by atoms with E-state index in [1.165, 1.54) is 0 Å². The van der Waals surface area contributed by atoms with Gasteiger partial charge in [-0.3, -0.25) is 10.1 Å². The maximum Gasteiger partial charge on any atom is 0.259 e. The van der Waals surface area contributed by atoms with Crippen LogP contribution in [0.15, 0.2) is 33.3 Å². The van der Waals surface area contributed by atoms with E-state index in [0.717, 1.165) is 35.0 Å². The van der Waals surface area contributed by atoms with Gasteiger partial charge in [-0.15, -0.1) is 0 Å². The number of aromatic nitrogens is 1. The first kappa shape index (κ1) is 13.4. The molecule has 3 rings (SSSR count). The molecule has 1 amide bonds. The van der Waals surface area contributed by atoms with E-state index < -0.39 is 0 Å². The van der Waals surface area contributed by atoms with Crippen LogP contribution >= 0.6 is 15.9 Å². The van der Waals surface area contributed by atoms with Crippen LogP contribution in [-0.4, -0.2) is 11.1 Å². The molecule has 1 aliphatic rings. The molecule has 0 radical (unpaired) electrons. The minimum atomic E-state index is -0.186. The Balaban J connectivity index is 1.84. The topological polar surface area (TPSA) is 55.1 Å². The molecule has 1 N–H and O–H groups in total. The van der Waals surface area contributed by atoms with Crippen molar-refractivity contribution in [2.75, 3.05) is 5.32 Å². The molecular formula is C15H15BrN2O2. The van der Waals surface area contributed by atoms with E-state index in [9.17, 15) is 4.79 Å². The van der Waals surface area contributed by atoms with Gasteiger partial charge in [0.25, 0.3) is 5.91 Å². The van der Waals surface area contributed by atoms with Crippen molar-refractivity contribution in [1.82, 2.24) is 5.16 Å². The molecule has 0 saturated heterocycles. The summed E-state index contributed by atoms with van der Waals surface area (Å²) in [5.41, 5.74) is 2.61. The van der Waals surface area contributed by atoms with Gasteiger partial charge in [0.15, 0.2) is 0 Å². The van der Waals surface area contributed by atoms with Gasteiger partial charge in [-0.05, 0) is 53.2 Å². The van der Waals surface area contributed by atoms with Crippen molar-refractivity contribution >= 4 is 27.7 Å². The first-order valence-electron chi connectivity index (χ1n) is 6.68. The quantitative estimate of drug-likeness (QED) is 0.908. The van der Waals surface area contributed by atoms with Crippen LogP contribution in [-0.2, 0) is 12.8 Å². The first-order chi connectivity index (χ1) is 9.65. The number of anilines is 1. The maximum absolute atomic E-state index is 12.3. The highest BCUT2D eigenvalue weighted by Gasteiger charge is 2.24. The van der Waals surface area contributed by atoms with Crippen LogP contribution < -0.4 is 5.32 Å². The van der Waals surface area contributed by atoms with E-state index in [1.54, 1.807) is 6.07 Å². The molecule has 1 aliphatic carbocycles. The molecule has 4 nitrogen and oxygen atoms in total. The smallest absolute Gasteiger partial charge is 0.259 e. The Labute approximate surface area is 125 Å². The molecule has 2 aromatic rings. The van der Waals surface area contributed by atoms with Gasteiger partial charge in [-0.25, -0.2) is 0 Å². The molecule has 0 saturated carbocycles. The van der Waals surface area contributed by atoms with Gasteiger partial charge in [-0.1, -0.05) is 24.2 Å². The summed E-state index contributed by atoms with van der Waals surface area (Å²) in [5.74, 6) is 0.906. The lowest BCUT2D eigenvalue weighted by atomic mass is 9.89. The summed E-state index contributed by atoms with van der Waals surface area (Å²) in [6.45, 7) is 2.20. The molecule has 5 heteroatoms. The number of fused-ring (bicyclic) bond motifs is 1. The molecule has 1 aromatic carbocycles. The first-order valence-corrected chi connectivity index (χ1v) is 7.47. The summed E-state index contributed by atoms with van der Waals surface area (Å²) in [6.07, 6.45) is 2.95. The molecule has 0 aliphatic heterocycles. The fourth-order valence-electron chi connectivity index (χ4n) is 2.50. The van der Waals surface area contributed by atoms with Gasteiger partial charge in [0.1, 0.15) is 0 Å². The van der Waals surface area contributed by atoms with Crippen molar-refractivity contribution < 1.29 is 9.32 Å². The number of rotatable bonds is 2. The molecule has 0 bridgehead atoms. The second-order valence-corrected chi connectivity index (χ2v) is 6.07. The average molecular weight is 335 g/mol. The van der Waals surface area contributed by atoms with Crippen molar-refractivity contribution in [2.24, 2.45) is 5.92 Å². The summed E-state index contributed by atoms with van der Waals surface area (Å²) in [7, 11) is 0. The molecule has 1 heterocycles. The van der Waals surface area contributed by atoms with Crippen molar-refractivity contribution in [2.45, 2.75) is 26.2 Å². The van der Waals surface area contributed by atoms with Crippen molar-refractivity contribution in [3.05, 3.63) is 45.6 Å². The van der Waals surface area contributed by atoms with Gasteiger partial charge < -0.3 is 4.52 Å². The van der Waals surface area contributed by atoms with E-state index in [0.29, 0.717) is 17.4 Å². The molecule has 0 fully saturated rings. The molecular weight excluding hydrogens is 320 g/mol. The minimum Gasteiger partial charge on any atom is -0.338 e. The maximum atomic E-state index is 12.3. The van der Waals surface area contributed by atoms with E-state index in [-0.39, 0.29) is 5.91 Å². The summed E-state index contributed by atoms with van der Waals surface area (Å²) >= 11 is 3.38. The largest absolute Gasteiger partial charge is 0.338 e. The third-order valence-corrected chi connectivity index (χ3v) is 4.33. The van der Waals surface area contributed by atoms with Crippen molar-refractivity contribution in [1.29, 1.82) is 0 Å². The number of hydrogen-bond acceptors (Lipinski definition) is 3. The molecule has 20 heavy (non-hydrogen) atoms. The standard InChI is InChI=1S/C15H15BrN2O2/c1-9-6-7-13-11(8-9)15(20-18-13)17-14(19)10-4-2-3-5-12(10)16/h2-5,9H,6-8H2,1H3,(H,17,19)/t9-/m1/s1. The Bertz CT molecular complexity index is 651. The van der Waals surface area contributed by atoms with E-state index >= 15 is 0 Å². The summed E-state index contributed by atoms with van der Waals surface area (Å²) in [5, 5.41) is 6.89. The Morgan fingerprint density at radius 3 is 3.05 bits per heavy atom. The van der Waals surface area contributed by atoms with E-state index in [4.69, 9.17) is 4.52 Å². The molecule has 104 valence electrons. The van der Waals surface area contributed by atoms with E-state index in [2.05, 4.69) is 33.3 Å². The van der Waals surface area contributed by atoms with Crippen LogP contribution in [0.5, 0.6) is 0 Å². The highest BCUT2D eigenvalue weighted by atomic mass is 79.9. The summed E-state index contributed by atoms with van der Waals surface area (Å²) < 4.78 is 6.06. The number of aryl methyl sites for hydroxylation is 1. The summed E-state index contributed by atoms with van der Waals surface area (Å²) in [6, 6.07) is 7.31. The van der Waals surface area contributed by atoms with Gasteiger partial charge in [0.05, 0.1) is 11.3 Å². The fourth-order valence-corrected chi connectivity index (χ4v) is 2.96. The van der Waals surface area contributed by atoms with Gasteiger partial charge >= 0.3 is 0 Å². The lowest BCUT2D eigenvalue weighted by Crippen LogP contribution is -2.16. The lowest BCUT2D eigenvalue weighted by molar-refractivity contribution is 0.102. The fraction of sp³-hybridized carbons (Fsp3) is 0.333. The van der Waals surface area contributed by atoms with Crippen LogP contribution in [0.2, 0.25) is 0 Å². The lowest BCUT2D eigenvalue weighted by Gasteiger charge is -2.16. The number of nitrogens with one attached hydrogen (secondary N) is 1. The Morgan fingerprint density at radius 1 is 1.45 bits per heavy atom. The summed E-state index contributed by atoms with van der Waals surface area (Å²) in [4.78, 5) is 12.3. The number of nitrogens with zero attached hydrogens (tertiary/aromatic N) is 1. The third kappa shape index (κ3) is 2.50. The Kier molecular flexibility index (Phi) is 3.61. The minimum absolute atomic E-state index is 0.186. The van der Waals surface area contributed by atoms with Crippen LogP contribution in [0.25, 0.3) is 0 Å². The average Bonchev–Trinajstić information content (AvgIpc) is 2.82. The number of halogens is 1. The van der Waals surface area contributed by atoms with Crippen molar-refractivity contribution in [3.8, 4) is 0 Å². The normalized spacial score (nSPS) is 17.6. The monoisotopic (exact) mass is 334 g/mol. The highest BCUT2D eigenvalue weighted by molar-refractivity contribution is 9.10. The second kappa shape index (κ2) is 5.40. The van der Waals surface area contributed by atoms with E-state index in [1.807, 2.05) is 18.2 Å². The zero-order valence-corrected chi connectivity index (χ0v) is 12.7. The predicted octanol–water partition coefficient (Wildman–Crippen LogP) is 3.81. The van der Waals surface area contributed by atoms with Gasteiger partial charge in [-0.2, -0.15) is 0 Å². The van der Waals surface area contributed by atoms with Crippen LogP contribution in [0.4, 0.5) is 5.88 Å². The number of carbonyl (C=O) groups excluding carboxylic acids is 1. The zero-order chi connectivity index (χ0) is 14.1. The number of amides is 1. The van der Waals surface area contributed by atoms with Crippen LogP contribution in [0.3, 0.4) is 0 Å². The highest BCUT2D eigenvalue weighted by Crippen LogP contribution is 2.31. The number of carbonyl (C=O) groups is 1. The molecule has 1 atom stereocenters. The van der Waals surface area contributed by atoms with Crippen molar-refractivity contribution in [3.63, 3.8) is 0 Å². The molecule has 0 spiro atoms. The SMILES string of the molecule is C[C@@H]1CCc2noc(NC(=O)c3ccccc3Br)c2C1. The Hall–Kier alpha value is -1.62. The number of hydrogen-bond donors (Lipinski definition) is 1.